The van der Waals surface area contributed by atoms with Gasteiger partial charge in [-0.05, 0) is 42.6 Å². The summed E-state index contributed by atoms with van der Waals surface area (Å²) < 4.78 is 3.15. The number of aromatic nitrogens is 2. The summed E-state index contributed by atoms with van der Waals surface area (Å²) in [6.07, 6.45) is 2.21. The molecule has 1 aromatic heterocycles. The van der Waals surface area contributed by atoms with Crippen molar-refractivity contribution in [3.8, 4) is 0 Å². The van der Waals surface area contributed by atoms with Gasteiger partial charge in [0.05, 0.1) is 22.5 Å². The minimum absolute atomic E-state index is 0.202. The first kappa shape index (κ1) is 16.7. The maximum absolute atomic E-state index is 9.28. The molecule has 0 aliphatic heterocycles. The van der Waals surface area contributed by atoms with Crippen LogP contribution in [0.25, 0.3) is 0 Å². The standard InChI is InChI=1S/C14H26BrN3O/c1-5-12(6-2)17(8-9-19)10-13-14(15)11(4)16-18(13)7-3/h12,19H,5-10H2,1-4H3. The number of aryl methyl sites for hydroxylation is 2. The van der Waals surface area contributed by atoms with Crippen LogP contribution in [0.5, 0.6) is 0 Å². The van der Waals surface area contributed by atoms with Gasteiger partial charge in [0.15, 0.2) is 0 Å². The van der Waals surface area contributed by atoms with Gasteiger partial charge in [0, 0.05) is 25.7 Å². The van der Waals surface area contributed by atoms with Crippen molar-refractivity contribution in [3.63, 3.8) is 0 Å². The fraction of sp³-hybridized carbons (Fsp3) is 0.786. The number of aliphatic hydroxyl groups is 1. The molecule has 0 aliphatic carbocycles. The van der Waals surface area contributed by atoms with Gasteiger partial charge in [-0.1, -0.05) is 13.8 Å². The van der Waals surface area contributed by atoms with E-state index in [-0.39, 0.29) is 6.61 Å². The van der Waals surface area contributed by atoms with Crippen molar-refractivity contribution in [2.24, 2.45) is 0 Å². The smallest absolute Gasteiger partial charge is 0.0739 e. The average molecular weight is 332 g/mol. The van der Waals surface area contributed by atoms with Crippen LogP contribution in [-0.4, -0.2) is 39.0 Å². The second kappa shape index (κ2) is 8.02. The van der Waals surface area contributed by atoms with E-state index in [9.17, 15) is 5.11 Å². The summed E-state index contributed by atoms with van der Waals surface area (Å²) >= 11 is 3.64. The second-order valence-electron chi connectivity index (χ2n) is 4.83. The van der Waals surface area contributed by atoms with Gasteiger partial charge in [-0.25, -0.2) is 0 Å². The van der Waals surface area contributed by atoms with Crippen LogP contribution in [0.15, 0.2) is 4.47 Å². The Balaban J connectivity index is 2.95. The molecular weight excluding hydrogens is 306 g/mol. The van der Waals surface area contributed by atoms with Crippen LogP contribution in [0.3, 0.4) is 0 Å². The number of hydrogen-bond acceptors (Lipinski definition) is 3. The quantitative estimate of drug-likeness (QED) is 0.796. The molecule has 1 aromatic rings. The Morgan fingerprint density at radius 3 is 2.42 bits per heavy atom. The topological polar surface area (TPSA) is 41.3 Å². The maximum atomic E-state index is 9.28. The van der Waals surface area contributed by atoms with E-state index in [1.165, 1.54) is 5.69 Å². The van der Waals surface area contributed by atoms with E-state index < -0.39 is 0 Å². The monoisotopic (exact) mass is 331 g/mol. The van der Waals surface area contributed by atoms with Crippen molar-refractivity contribution in [2.75, 3.05) is 13.2 Å². The normalized spacial score (nSPS) is 11.8. The summed E-state index contributed by atoms with van der Waals surface area (Å²) in [6.45, 7) is 11.2. The SMILES string of the molecule is CCC(CC)N(CCO)Cc1c(Br)c(C)nn1CC. The fourth-order valence-electron chi connectivity index (χ4n) is 2.54. The van der Waals surface area contributed by atoms with Crippen LogP contribution in [0, 0.1) is 6.92 Å². The Kier molecular flexibility index (Phi) is 7.04. The van der Waals surface area contributed by atoms with E-state index in [4.69, 9.17) is 0 Å². The summed E-state index contributed by atoms with van der Waals surface area (Å²) in [6, 6.07) is 0.513. The number of hydrogen-bond donors (Lipinski definition) is 1. The van der Waals surface area contributed by atoms with Crippen LogP contribution in [0.1, 0.15) is 45.0 Å². The summed E-state index contributed by atoms with van der Waals surface area (Å²) in [7, 11) is 0. The predicted octanol–water partition coefficient (Wildman–Crippen LogP) is 2.96. The highest BCUT2D eigenvalue weighted by Crippen LogP contribution is 2.24. The van der Waals surface area contributed by atoms with E-state index in [2.05, 4.69) is 46.7 Å². The van der Waals surface area contributed by atoms with E-state index >= 15 is 0 Å². The third kappa shape index (κ3) is 4.04. The molecule has 0 atom stereocenters. The third-order valence-corrected chi connectivity index (χ3v) is 4.68. The highest BCUT2D eigenvalue weighted by molar-refractivity contribution is 9.10. The molecule has 4 nitrogen and oxygen atoms in total. The Bertz CT molecular complexity index is 388. The van der Waals surface area contributed by atoms with Crippen LogP contribution < -0.4 is 0 Å². The van der Waals surface area contributed by atoms with Gasteiger partial charge in [-0.3, -0.25) is 9.58 Å². The Morgan fingerprint density at radius 2 is 1.95 bits per heavy atom. The van der Waals surface area contributed by atoms with Gasteiger partial charge in [0.2, 0.25) is 0 Å². The maximum Gasteiger partial charge on any atom is 0.0739 e. The van der Waals surface area contributed by atoms with Gasteiger partial charge in [0.1, 0.15) is 0 Å². The van der Waals surface area contributed by atoms with Crippen molar-refractivity contribution in [2.45, 2.75) is 59.7 Å². The van der Waals surface area contributed by atoms with Crippen LogP contribution >= 0.6 is 15.9 Å². The van der Waals surface area contributed by atoms with E-state index in [0.717, 1.165) is 36.1 Å². The molecule has 0 aromatic carbocycles. The molecule has 0 bridgehead atoms. The van der Waals surface area contributed by atoms with Gasteiger partial charge >= 0.3 is 0 Å². The van der Waals surface area contributed by atoms with Gasteiger partial charge in [-0.2, -0.15) is 5.10 Å². The average Bonchev–Trinajstić information content (AvgIpc) is 2.68. The summed E-state index contributed by atoms with van der Waals surface area (Å²) in [5.41, 5.74) is 2.24. The highest BCUT2D eigenvalue weighted by Gasteiger charge is 2.20. The minimum atomic E-state index is 0.202. The largest absolute Gasteiger partial charge is 0.395 e. The molecule has 0 aliphatic rings. The first-order chi connectivity index (χ1) is 9.08. The molecule has 0 saturated carbocycles. The lowest BCUT2D eigenvalue weighted by molar-refractivity contribution is 0.133. The predicted molar refractivity (Wildman–Crippen MR) is 82.2 cm³/mol. The van der Waals surface area contributed by atoms with Crippen molar-refractivity contribution < 1.29 is 5.11 Å². The lowest BCUT2D eigenvalue weighted by Gasteiger charge is -2.30. The van der Waals surface area contributed by atoms with Crippen molar-refractivity contribution in [3.05, 3.63) is 15.9 Å². The molecular formula is C14H26BrN3O. The van der Waals surface area contributed by atoms with Crippen LogP contribution in [0.4, 0.5) is 0 Å². The highest BCUT2D eigenvalue weighted by atomic mass is 79.9. The molecule has 0 unspecified atom stereocenters. The molecule has 1 heterocycles. The second-order valence-corrected chi connectivity index (χ2v) is 5.62. The van der Waals surface area contributed by atoms with E-state index in [1.54, 1.807) is 0 Å². The first-order valence-electron chi connectivity index (χ1n) is 7.15. The molecule has 0 amide bonds. The molecule has 5 heteroatoms. The molecule has 0 radical (unpaired) electrons. The fourth-order valence-corrected chi connectivity index (χ4v) is 2.95. The third-order valence-electron chi connectivity index (χ3n) is 3.65. The van der Waals surface area contributed by atoms with E-state index in [0.29, 0.717) is 12.6 Å². The zero-order valence-corrected chi connectivity index (χ0v) is 14.1. The lowest BCUT2D eigenvalue weighted by Crippen LogP contribution is -2.36. The van der Waals surface area contributed by atoms with Crippen LogP contribution in [-0.2, 0) is 13.1 Å². The van der Waals surface area contributed by atoms with Gasteiger partial charge in [-0.15, -0.1) is 0 Å². The number of nitrogens with zero attached hydrogens (tertiary/aromatic N) is 3. The number of halogens is 1. The lowest BCUT2D eigenvalue weighted by atomic mass is 10.1. The Labute approximate surface area is 124 Å². The molecule has 110 valence electrons. The van der Waals surface area contributed by atoms with Crippen molar-refractivity contribution in [1.29, 1.82) is 0 Å². The molecule has 0 saturated heterocycles. The van der Waals surface area contributed by atoms with Crippen molar-refractivity contribution >= 4 is 15.9 Å². The van der Waals surface area contributed by atoms with Gasteiger partial charge in [0.25, 0.3) is 0 Å². The first-order valence-corrected chi connectivity index (χ1v) is 7.94. The van der Waals surface area contributed by atoms with Crippen molar-refractivity contribution in [1.82, 2.24) is 14.7 Å². The zero-order valence-electron chi connectivity index (χ0n) is 12.5. The summed E-state index contributed by atoms with van der Waals surface area (Å²) in [4.78, 5) is 2.35. The number of aliphatic hydroxyl groups excluding tert-OH is 1. The molecule has 0 spiro atoms. The summed E-state index contributed by atoms with van der Waals surface area (Å²) in [5.74, 6) is 0. The van der Waals surface area contributed by atoms with Crippen LogP contribution in [0.2, 0.25) is 0 Å². The minimum Gasteiger partial charge on any atom is -0.395 e. The zero-order chi connectivity index (χ0) is 14.4. The molecule has 0 fully saturated rings. The Hall–Kier alpha value is -0.390. The Morgan fingerprint density at radius 1 is 1.32 bits per heavy atom. The molecule has 19 heavy (non-hydrogen) atoms. The molecule has 1 N–H and O–H groups in total. The van der Waals surface area contributed by atoms with E-state index in [1.807, 2.05) is 11.6 Å². The summed E-state index contributed by atoms with van der Waals surface area (Å²) in [5, 5.41) is 13.8. The number of rotatable bonds is 8. The van der Waals surface area contributed by atoms with Gasteiger partial charge < -0.3 is 5.11 Å². The molecule has 1 rings (SSSR count).